The fourth-order valence-corrected chi connectivity index (χ4v) is 4.18. The maximum Gasteiger partial charge on any atom is 0.252 e. The summed E-state index contributed by atoms with van der Waals surface area (Å²) in [4.78, 5) is 25.7. The summed E-state index contributed by atoms with van der Waals surface area (Å²) < 4.78 is 27.0. The first-order chi connectivity index (χ1) is 14.3. The minimum absolute atomic E-state index is 0.0159. The predicted molar refractivity (Wildman–Crippen MR) is 115 cm³/mol. The van der Waals surface area contributed by atoms with Crippen molar-refractivity contribution < 1.29 is 18.0 Å². The molecule has 1 atom stereocenters. The molecule has 0 heterocycles. The van der Waals surface area contributed by atoms with Gasteiger partial charge in [-0.15, -0.1) is 0 Å². The van der Waals surface area contributed by atoms with Crippen LogP contribution in [0.2, 0.25) is 0 Å². The van der Waals surface area contributed by atoms with Gasteiger partial charge in [0, 0.05) is 24.6 Å². The second-order valence-corrected chi connectivity index (χ2v) is 9.24. The highest BCUT2D eigenvalue weighted by molar-refractivity contribution is 7.89. The van der Waals surface area contributed by atoms with Gasteiger partial charge in [-0.1, -0.05) is 43.3 Å². The maximum absolute atomic E-state index is 13.0. The molecule has 0 saturated heterocycles. The fourth-order valence-electron chi connectivity index (χ4n) is 3.11. The third-order valence-corrected chi connectivity index (χ3v) is 6.47. The number of hydrogen-bond acceptors (Lipinski definition) is 4. The molecule has 0 aromatic heterocycles. The Labute approximate surface area is 177 Å². The van der Waals surface area contributed by atoms with Gasteiger partial charge in [0.2, 0.25) is 15.9 Å². The van der Waals surface area contributed by atoms with E-state index in [0.29, 0.717) is 12.0 Å². The first kappa shape index (κ1) is 22.0. The summed E-state index contributed by atoms with van der Waals surface area (Å²) in [6.07, 6.45) is 2.24. The van der Waals surface area contributed by atoms with Gasteiger partial charge in [0.1, 0.15) is 6.04 Å². The van der Waals surface area contributed by atoms with Crippen molar-refractivity contribution in [2.75, 3.05) is 6.54 Å². The number of carbonyl (C=O) groups excluding carboxylic acids is 2. The summed E-state index contributed by atoms with van der Waals surface area (Å²) >= 11 is 0. The van der Waals surface area contributed by atoms with Gasteiger partial charge < -0.3 is 10.6 Å². The number of nitrogens with one attached hydrogen (secondary N) is 3. The molecule has 1 aliphatic rings. The topological polar surface area (TPSA) is 104 Å². The molecule has 2 amide bonds. The predicted octanol–water partition coefficient (Wildman–Crippen LogP) is 1.91. The lowest BCUT2D eigenvalue weighted by molar-refractivity contribution is -0.123. The molecule has 160 valence electrons. The molecule has 0 bridgehead atoms. The van der Waals surface area contributed by atoms with E-state index in [0.717, 1.165) is 18.4 Å². The third kappa shape index (κ3) is 5.67. The van der Waals surface area contributed by atoms with Crippen LogP contribution in [0.15, 0.2) is 53.4 Å². The summed E-state index contributed by atoms with van der Waals surface area (Å²) in [6, 6.07) is 13.3. The van der Waals surface area contributed by atoms with Crippen LogP contribution in [0.25, 0.3) is 0 Å². The van der Waals surface area contributed by atoms with E-state index in [2.05, 4.69) is 15.4 Å². The Morgan fingerprint density at radius 2 is 1.80 bits per heavy atom. The van der Waals surface area contributed by atoms with Crippen molar-refractivity contribution in [1.29, 1.82) is 0 Å². The van der Waals surface area contributed by atoms with E-state index in [4.69, 9.17) is 0 Å². The minimum atomic E-state index is -3.69. The van der Waals surface area contributed by atoms with Crippen LogP contribution < -0.4 is 15.4 Å². The number of carbonyl (C=O) groups is 2. The normalized spacial score (nSPS) is 14.7. The zero-order chi connectivity index (χ0) is 21.7. The molecule has 0 aliphatic heterocycles. The van der Waals surface area contributed by atoms with Crippen molar-refractivity contribution in [2.45, 2.75) is 50.1 Å². The zero-order valence-corrected chi connectivity index (χ0v) is 18.0. The molecule has 1 unspecified atom stereocenters. The Morgan fingerprint density at radius 1 is 1.10 bits per heavy atom. The highest BCUT2D eigenvalue weighted by atomic mass is 32.2. The Bertz CT molecular complexity index is 1020. The van der Waals surface area contributed by atoms with Crippen molar-refractivity contribution in [2.24, 2.45) is 0 Å². The van der Waals surface area contributed by atoms with Crippen molar-refractivity contribution >= 4 is 21.8 Å². The van der Waals surface area contributed by atoms with Crippen LogP contribution in [0.5, 0.6) is 0 Å². The van der Waals surface area contributed by atoms with Crippen molar-refractivity contribution in [3.8, 4) is 0 Å². The largest absolute Gasteiger partial charge is 0.352 e. The molecule has 1 saturated carbocycles. The summed E-state index contributed by atoms with van der Waals surface area (Å²) in [5.41, 5.74) is 1.78. The Hall–Kier alpha value is -2.71. The first-order valence-electron chi connectivity index (χ1n) is 10.1. The second kappa shape index (κ2) is 9.40. The lowest BCUT2D eigenvalue weighted by Gasteiger charge is -2.19. The van der Waals surface area contributed by atoms with Crippen molar-refractivity contribution in [3.63, 3.8) is 0 Å². The van der Waals surface area contributed by atoms with Crippen LogP contribution in [0.4, 0.5) is 0 Å². The average molecular weight is 430 g/mol. The van der Waals surface area contributed by atoms with Gasteiger partial charge in [0.25, 0.3) is 5.91 Å². The lowest BCUT2D eigenvalue weighted by Crippen LogP contribution is -2.48. The zero-order valence-electron chi connectivity index (χ0n) is 17.1. The van der Waals surface area contributed by atoms with Gasteiger partial charge in [-0.05, 0) is 43.0 Å². The van der Waals surface area contributed by atoms with E-state index in [1.165, 1.54) is 12.1 Å². The summed E-state index contributed by atoms with van der Waals surface area (Å²) in [5, 5.41) is 5.74. The maximum atomic E-state index is 13.0. The molecule has 3 rings (SSSR count). The van der Waals surface area contributed by atoms with Crippen LogP contribution in [0.3, 0.4) is 0 Å². The van der Waals surface area contributed by atoms with Crippen molar-refractivity contribution in [3.05, 3.63) is 65.2 Å². The molecule has 0 spiro atoms. The van der Waals surface area contributed by atoms with Gasteiger partial charge >= 0.3 is 0 Å². The molecule has 1 aliphatic carbocycles. The van der Waals surface area contributed by atoms with Crippen LogP contribution in [-0.2, 0) is 21.2 Å². The number of aryl methyl sites for hydroxylation is 1. The smallest absolute Gasteiger partial charge is 0.252 e. The van der Waals surface area contributed by atoms with E-state index >= 15 is 0 Å². The average Bonchev–Trinajstić information content (AvgIpc) is 3.52. The molecule has 2 aromatic rings. The summed E-state index contributed by atoms with van der Waals surface area (Å²) in [6.45, 7) is 3.67. The molecule has 8 heteroatoms. The molecule has 7 nitrogen and oxygen atoms in total. The quantitative estimate of drug-likeness (QED) is 0.566. The van der Waals surface area contributed by atoms with E-state index in [1.807, 2.05) is 30.3 Å². The second-order valence-electron chi connectivity index (χ2n) is 7.48. The minimum Gasteiger partial charge on any atom is -0.352 e. The molecule has 0 radical (unpaired) electrons. The summed E-state index contributed by atoms with van der Waals surface area (Å²) in [5.74, 6) is -0.711. The standard InChI is InChI=1S/C22H27N3O4S/c1-3-23-30(28,29)18-12-9-15(2)19(14-18)21(26)25-20(22(27)24-17-10-11-17)13-16-7-5-4-6-8-16/h4-9,12,14,17,20,23H,3,10-11,13H2,1-2H3,(H,24,27)(H,25,26). The van der Waals surface area contributed by atoms with Crippen LogP contribution in [-0.4, -0.2) is 38.9 Å². The molecule has 2 aromatic carbocycles. The third-order valence-electron chi connectivity index (χ3n) is 4.93. The van der Waals surface area contributed by atoms with Crippen LogP contribution >= 0.6 is 0 Å². The number of amides is 2. The van der Waals surface area contributed by atoms with Gasteiger partial charge in [-0.2, -0.15) is 0 Å². The summed E-state index contributed by atoms with van der Waals surface area (Å²) in [7, 11) is -3.69. The molecule has 1 fully saturated rings. The van der Waals surface area contributed by atoms with Crippen LogP contribution in [0.1, 0.15) is 41.3 Å². The van der Waals surface area contributed by atoms with Gasteiger partial charge in [0.05, 0.1) is 4.90 Å². The number of sulfonamides is 1. The Balaban J connectivity index is 1.83. The van der Waals surface area contributed by atoms with E-state index in [1.54, 1.807) is 19.9 Å². The number of benzene rings is 2. The number of hydrogen-bond donors (Lipinski definition) is 3. The number of rotatable bonds is 9. The Morgan fingerprint density at radius 3 is 2.43 bits per heavy atom. The molecule has 30 heavy (non-hydrogen) atoms. The van der Waals surface area contributed by atoms with Gasteiger partial charge in [-0.3, -0.25) is 9.59 Å². The van der Waals surface area contributed by atoms with E-state index < -0.39 is 22.0 Å². The van der Waals surface area contributed by atoms with E-state index in [-0.39, 0.29) is 29.0 Å². The van der Waals surface area contributed by atoms with Gasteiger partial charge in [-0.25, -0.2) is 13.1 Å². The first-order valence-corrected chi connectivity index (χ1v) is 11.5. The molecular formula is C22H27N3O4S. The van der Waals surface area contributed by atoms with Crippen molar-refractivity contribution in [1.82, 2.24) is 15.4 Å². The van der Waals surface area contributed by atoms with Gasteiger partial charge in [0.15, 0.2) is 0 Å². The van der Waals surface area contributed by atoms with Crippen LogP contribution in [0, 0.1) is 6.92 Å². The Kier molecular flexibility index (Phi) is 6.89. The highest BCUT2D eigenvalue weighted by Gasteiger charge is 2.29. The molecule has 3 N–H and O–H groups in total. The SMILES string of the molecule is CCNS(=O)(=O)c1ccc(C)c(C(=O)NC(Cc2ccccc2)C(=O)NC2CC2)c1. The fraction of sp³-hybridized carbons (Fsp3) is 0.364. The highest BCUT2D eigenvalue weighted by Crippen LogP contribution is 2.20. The lowest BCUT2D eigenvalue weighted by atomic mass is 10.0. The van der Waals surface area contributed by atoms with E-state index in [9.17, 15) is 18.0 Å². The monoisotopic (exact) mass is 429 g/mol. The molecular weight excluding hydrogens is 402 g/mol.